The van der Waals surface area contributed by atoms with Crippen molar-refractivity contribution < 1.29 is 18.8 Å². The predicted octanol–water partition coefficient (Wildman–Crippen LogP) is 3.58. The molecule has 1 aromatic heterocycles. The predicted molar refractivity (Wildman–Crippen MR) is 104 cm³/mol. The molecule has 7 heteroatoms. The van der Waals surface area contributed by atoms with Gasteiger partial charge in [0.25, 0.3) is 5.89 Å². The molecular weight excluding hydrogens is 358 g/mol. The first-order chi connectivity index (χ1) is 13.6. The zero-order valence-electron chi connectivity index (χ0n) is 16.0. The summed E-state index contributed by atoms with van der Waals surface area (Å²) in [7, 11) is 3.15. The van der Waals surface area contributed by atoms with Gasteiger partial charge in [0.05, 0.1) is 14.2 Å². The number of carbonyl (C=O) groups excluding carboxylic acids is 1. The van der Waals surface area contributed by atoms with Crippen molar-refractivity contribution in [2.24, 2.45) is 0 Å². The molecule has 0 aliphatic carbocycles. The average Bonchev–Trinajstić information content (AvgIpc) is 3.34. The number of anilines is 1. The van der Waals surface area contributed by atoms with E-state index in [1.165, 1.54) is 0 Å². The van der Waals surface area contributed by atoms with Crippen molar-refractivity contribution in [2.75, 3.05) is 25.7 Å². The second-order valence-electron chi connectivity index (χ2n) is 6.77. The van der Waals surface area contributed by atoms with E-state index >= 15 is 0 Å². The Kier molecular flexibility index (Phi) is 4.73. The van der Waals surface area contributed by atoms with Gasteiger partial charge in [-0.1, -0.05) is 22.9 Å². The van der Waals surface area contributed by atoms with Crippen LogP contribution in [-0.4, -0.2) is 36.8 Å². The zero-order valence-corrected chi connectivity index (χ0v) is 16.0. The van der Waals surface area contributed by atoms with Crippen LogP contribution in [0.2, 0.25) is 0 Å². The number of aryl methyl sites for hydroxylation is 1. The van der Waals surface area contributed by atoms with Crippen molar-refractivity contribution in [3.63, 3.8) is 0 Å². The van der Waals surface area contributed by atoms with E-state index in [1.54, 1.807) is 31.3 Å². The summed E-state index contributed by atoms with van der Waals surface area (Å²) in [4.78, 5) is 18.8. The summed E-state index contributed by atoms with van der Waals surface area (Å²) in [6.45, 7) is 2.50. The van der Waals surface area contributed by atoms with Gasteiger partial charge in [-0.05, 0) is 31.2 Å². The molecule has 144 valence electrons. The van der Waals surface area contributed by atoms with E-state index in [0.29, 0.717) is 36.2 Å². The van der Waals surface area contributed by atoms with Gasteiger partial charge in [0, 0.05) is 36.2 Å². The van der Waals surface area contributed by atoms with Crippen molar-refractivity contribution in [1.29, 1.82) is 0 Å². The average molecular weight is 379 g/mol. The molecule has 3 aromatic rings. The van der Waals surface area contributed by atoms with Crippen LogP contribution >= 0.6 is 0 Å². The Labute approximate surface area is 162 Å². The summed E-state index contributed by atoms with van der Waals surface area (Å²) >= 11 is 0. The van der Waals surface area contributed by atoms with Crippen molar-refractivity contribution in [3.05, 3.63) is 53.9 Å². The fourth-order valence-electron chi connectivity index (χ4n) is 3.42. The maximum Gasteiger partial charge on any atom is 0.257 e. The molecule has 28 heavy (non-hydrogen) atoms. The molecule has 1 atom stereocenters. The van der Waals surface area contributed by atoms with Crippen LogP contribution in [0.5, 0.6) is 11.5 Å². The highest BCUT2D eigenvalue weighted by Gasteiger charge is 2.35. The number of hydrogen-bond donors (Lipinski definition) is 0. The van der Waals surface area contributed by atoms with Gasteiger partial charge in [-0.2, -0.15) is 4.98 Å². The molecule has 2 heterocycles. The lowest BCUT2D eigenvalue weighted by Crippen LogP contribution is -2.24. The van der Waals surface area contributed by atoms with Crippen molar-refractivity contribution in [1.82, 2.24) is 10.1 Å². The second kappa shape index (κ2) is 7.34. The summed E-state index contributed by atoms with van der Waals surface area (Å²) in [6, 6.07) is 13.3. The van der Waals surface area contributed by atoms with Gasteiger partial charge in [0.15, 0.2) is 17.3 Å². The highest BCUT2D eigenvalue weighted by atomic mass is 16.5. The minimum absolute atomic E-state index is 0.0131. The van der Waals surface area contributed by atoms with Crippen LogP contribution in [-0.2, 0) is 4.79 Å². The highest BCUT2D eigenvalue weighted by Crippen LogP contribution is 2.36. The second-order valence-corrected chi connectivity index (χ2v) is 6.77. The van der Waals surface area contributed by atoms with Gasteiger partial charge >= 0.3 is 0 Å². The van der Waals surface area contributed by atoms with E-state index in [4.69, 9.17) is 14.0 Å². The smallest absolute Gasteiger partial charge is 0.257 e. The van der Waals surface area contributed by atoms with Gasteiger partial charge in [-0.15, -0.1) is 0 Å². The molecule has 1 unspecified atom stereocenters. The molecule has 4 rings (SSSR count). The van der Waals surface area contributed by atoms with Crippen LogP contribution in [0.4, 0.5) is 5.69 Å². The fraction of sp³-hybridized carbons (Fsp3) is 0.286. The molecule has 1 aliphatic rings. The van der Waals surface area contributed by atoms with Crippen molar-refractivity contribution in [2.45, 2.75) is 19.3 Å². The van der Waals surface area contributed by atoms with E-state index < -0.39 is 0 Å². The van der Waals surface area contributed by atoms with Crippen LogP contribution < -0.4 is 14.4 Å². The molecule has 7 nitrogen and oxygen atoms in total. The van der Waals surface area contributed by atoms with Gasteiger partial charge < -0.3 is 18.9 Å². The van der Waals surface area contributed by atoms with Crippen LogP contribution in [0.15, 0.2) is 47.0 Å². The summed E-state index contributed by atoms with van der Waals surface area (Å²) in [6.07, 6.45) is 0.334. The minimum Gasteiger partial charge on any atom is -0.493 e. The number of rotatable bonds is 5. The third kappa shape index (κ3) is 3.31. The highest BCUT2D eigenvalue weighted by molar-refractivity contribution is 5.96. The first-order valence-electron chi connectivity index (χ1n) is 9.02. The molecule has 1 fully saturated rings. The lowest BCUT2D eigenvalue weighted by molar-refractivity contribution is -0.117. The quantitative estimate of drug-likeness (QED) is 0.674. The largest absolute Gasteiger partial charge is 0.493 e. The molecule has 0 radical (unpaired) electrons. The van der Waals surface area contributed by atoms with Gasteiger partial charge in [0.1, 0.15) is 0 Å². The number of amides is 1. The molecule has 1 aliphatic heterocycles. The number of nitrogens with zero attached hydrogens (tertiary/aromatic N) is 3. The van der Waals surface area contributed by atoms with E-state index in [2.05, 4.69) is 10.1 Å². The van der Waals surface area contributed by atoms with Crippen molar-refractivity contribution >= 4 is 11.6 Å². The summed E-state index contributed by atoms with van der Waals surface area (Å²) in [5.41, 5.74) is 2.75. The molecule has 1 saturated heterocycles. The number of carbonyl (C=O) groups is 1. The van der Waals surface area contributed by atoms with E-state index in [9.17, 15) is 4.79 Å². The molecule has 1 amide bonds. The maximum atomic E-state index is 12.6. The monoisotopic (exact) mass is 379 g/mol. The lowest BCUT2D eigenvalue weighted by atomic mass is 10.1. The number of benzene rings is 2. The van der Waals surface area contributed by atoms with Crippen LogP contribution in [0.1, 0.15) is 23.7 Å². The molecular formula is C21H21N3O4. The molecule has 0 bridgehead atoms. The standard InChI is InChI=1S/C21H21N3O4/c1-13-5-4-6-14(9-13)21-22-20(23-28-21)15-10-19(25)24(12-15)16-7-8-17(26-2)18(11-16)27-3/h4-9,11,15H,10,12H2,1-3H3. The Morgan fingerprint density at radius 3 is 2.68 bits per heavy atom. The molecule has 0 N–H and O–H groups in total. The Morgan fingerprint density at radius 1 is 1.11 bits per heavy atom. The van der Waals surface area contributed by atoms with Crippen LogP contribution in [0, 0.1) is 6.92 Å². The SMILES string of the molecule is COc1ccc(N2CC(c3noc(-c4cccc(C)c4)n3)CC2=O)cc1OC. The summed E-state index contributed by atoms with van der Waals surface area (Å²) < 4.78 is 16.0. The Hall–Kier alpha value is -3.35. The number of hydrogen-bond acceptors (Lipinski definition) is 6. The topological polar surface area (TPSA) is 77.7 Å². The van der Waals surface area contributed by atoms with Crippen LogP contribution in [0.3, 0.4) is 0 Å². The van der Waals surface area contributed by atoms with Gasteiger partial charge in [-0.3, -0.25) is 4.79 Å². The zero-order chi connectivity index (χ0) is 19.7. The third-order valence-electron chi connectivity index (χ3n) is 4.88. The van der Waals surface area contributed by atoms with E-state index in [0.717, 1.165) is 16.8 Å². The number of ether oxygens (including phenoxy) is 2. The maximum absolute atomic E-state index is 12.6. The van der Waals surface area contributed by atoms with Crippen LogP contribution in [0.25, 0.3) is 11.5 Å². The minimum atomic E-state index is -0.122. The normalized spacial score (nSPS) is 16.5. The molecule has 0 saturated carbocycles. The van der Waals surface area contributed by atoms with Crippen molar-refractivity contribution in [3.8, 4) is 23.0 Å². The third-order valence-corrected chi connectivity index (χ3v) is 4.88. The van der Waals surface area contributed by atoms with Gasteiger partial charge in [0.2, 0.25) is 5.91 Å². The Bertz CT molecular complexity index is 1010. The number of aromatic nitrogens is 2. The Balaban J connectivity index is 1.56. The first kappa shape index (κ1) is 18.0. The first-order valence-corrected chi connectivity index (χ1v) is 9.02. The summed E-state index contributed by atoms with van der Waals surface area (Å²) in [5, 5.41) is 4.12. The van der Waals surface area contributed by atoms with E-state index in [1.807, 2.05) is 37.3 Å². The molecule has 0 spiro atoms. The summed E-state index contributed by atoms with van der Waals surface area (Å²) in [5.74, 6) is 2.11. The fourth-order valence-corrected chi connectivity index (χ4v) is 3.42. The van der Waals surface area contributed by atoms with E-state index in [-0.39, 0.29) is 11.8 Å². The Morgan fingerprint density at radius 2 is 1.93 bits per heavy atom. The molecule has 2 aromatic carbocycles. The van der Waals surface area contributed by atoms with Gasteiger partial charge in [-0.25, -0.2) is 0 Å². The lowest BCUT2D eigenvalue weighted by Gasteiger charge is -2.18. The number of methoxy groups -OCH3 is 2.